The predicted molar refractivity (Wildman–Crippen MR) is 157 cm³/mol. The minimum Gasteiger partial charge on any atom is -0.353 e. The second kappa shape index (κ2) is 11.0. The Morgan fingerprint density at radius 1 is 1.00 bits per heavy atom. The number of rotatable bonds is 9. The first-order chi connectivity index (χ1) is 19.7. The van der Waals surface area contributed by atoms with E-state index in [0.29, 0.717) is 31.7 Å². The Morgan fingerprint density at radius 2 is 1.62 bits per heavy atom. The first kappa shape index (κ1) is 30.0. The van der Waals surface area contributed by atoms with Gasteiger partial charge in [0, 0.05) is 19.1 Å². The van der Waals surface area contributed by atoms with Crippen molar-refractivity contribution in [3.63, 3.8) is 0 Å². The summed E-state index contributed by atoms with van der Waals surface area (Å²) in [5, 5.41) is 11.1. The molecule has 0 aromatic heterocycles. The highest BCUT2D eigenvalue weighted by molar-refractivity contribution is 6.38. The molecule has 10 heteroatoms. The average Bonchev–Trinajstić information content (AvgIpc) is 3.67. The number of nitrogens with one attached hydrogen (secondary N) is 4. The molecule has 3 aliphatic carbocycles. The van der Waals surface area contributed by atoms with Gasteiger partial charge in [-0.15, -0.1) is 0 Å². The van der Waals surface area contributed by atoms with Gasteiger partial charge in [-0.3, -0.25) is 19.2 Å². The standard InChI is InChI=1S/C32H45N5O5/c1-31(2,3)36-30(42)35-24(20-14-18-9-7-8-10-19(18)15-20)29(41)37-16-21-23(32(21,4)5)25(37)27(39)34-22(13-17-11-12-17)26(38)28(40)33-6/h7-10,17,20-25H,11-16H2,1-6H3,(H,33,40)(H,34,39)(H2,35,36,42)/t21-,22?,23-,24-,25-/m0/s1. The lowest BCUT2D eigenvalue weighted by Crippen LogP contribution is -2.61. The Kier molecular flexibility index (Phi) is 7.87. The summed E-state index contributed by atoms with van der Waals surface area (Å²) < 4.78 is 0. The van der Waals surface area contributed by atoms with Gasteiger partial charge in [0.1, 0.15) is 12.1 Å². The van der Waals surface area contributed by atoms with Crippen LogP contribution in [0.15, 0.2) is 24.3 Å². The molecule has 1 heterocycles. The monoisotopic (exact) mass is 579 g/mol. The molecular weight excluding hydrogens is 534 g/mol. The van der Waals surface area contributed by atoms with Crippen molar-refractivity contribution < 1.29 is 24.0 Å². The number of Topliss-reactive ketones (excluding diaryl/α,β-unsaturated/α-hetero) is 1. The molecule has 228 valence electrons. The van der Waals surface area contributed by atoms with Crippen LogP contribution in [0.5, 0.6) is 0 Å². The number of carbonyl (C=O) groups is 5. The third kappa shape index (κ3) is 6.03. The molecule has 0 spiro atoms. The summed E-state index contributed by atoms with van der Waals surface area (Å²) in [6, 6.07) is 5.10. The molecule has 2 saturated carbocycles. The van der Waals surface area contributed by atoms with Crippen molar-refractivity contribution in [1.29, 1.82) is 0 Å². The molecule has 1 saturated heterocycles. The highest BCUT2D eigenvalue weighted by Crippen LogP contribution is 2.65. The minimum absolute atomic E-state index is 0.0667. The van der Waals surface area contributed by atoms with Crippen LogP contribution in [0.3, 0.4) is 0 Å². The zero-order valence-corrected chi connectivity index (χ0v) is 25.6. The summed E-state index contributed by atoms with van der Waals surface area (Å²) in [5.74, 6) is -1.88. The Bertz CT molecular complexity index is 1260. The van der Waals surface area contributed by atoms with E-state index in [1.165, 1.54) is 7.05 Å². The fourth-order valence-corrected chi connectivity index (χ4v) is 7.18. The number of likely N-dealkylation sites (N-methyl/N-ethyl adjacent to an activating group) is 1. The van der Waals surface area contributed by atoms with Gasteiger partial charge in [-0.05, 0) is 80.2 Å². The van der Waals surface area contributed by atoms with E-state index in [4.69, 9.17) is 0 Å². The van der Waals surface area contributed by atoms with Crippen LogP contribution in [0, 0.1) is 29.1 Å². The lowest BCUT2D eigenvalue weighted by Gasteiger charge is -2.35. The number of ketones is 1. The van der Waals surface area contributed by atoms with Gasteiger partial charge in [-0.25, -0.2) is 4.79 Å². The predicted octanol–water partition coefficient (Wildman–Crippen LogP) is 1.95. The first-order valence-corrected chi connectivity index (χ1v) is 15.2. The first-order valence-electron chi connectivity index (χ1n) is 15.2. The Labute approximate surface area is 248 Å². The number of urea groups is 1. The third-order valence-corrected chi connectivity index (χ3v) is 9.71. The van der Waals surface area contributed by atoms with E-state index >= 15 is 0 Å². The van der Waals surface area contributed by atoms with Gasteiger partial charge in [0.2, 0.25) is 17.6 Å². The molecule has 4 N–H and O–H groups in total. The van der Waals surface area contributed by atoms with Crippen molar-refractivity contribution in [1.82, 2.24) is 26.2 Å². The SMILES string of the molecule is CNC(=O)C(=O)C(CC1CC1)NC(=O)[C@@H]1[C@@H]2[C@H](CN1C(=O)[C@@H](NC(=O)NC(C)(C)C)C1Cc3ccccc3C1)C2(C)C. The topological polar surface area (TPSA) is 137 Å². The maximum Gasteiger partial charge on any atom is 0.315 e. The molecule has 1 aromatic carbocycles. The number of likely N-dealkylation sites (tertiary alicyclic amines) is 1. The highest BCUT2D eigenvalue weighted by atomic mass is 16.2. The number of piperidine rings is 1. The number of benzene rings is 1. The summed E-state index contributed by atoms with van der Waals surface area (Å²) >= 11 is 0. The van der Waals surface area contributed by atoms with Crippen LogP contribution in [0.2, 0.25) is 0 Å². The lowest BCUT2D eigenvalue weighted by molar-refractivity contribution is -0.144. The molecule has 1 aliphatic heterocycles. The Hall–Kier alpha value is -3.43. The van der Waals surface area contributed by atoms with Crippen LogP contribution < -0.4 is 21.3 Å². The molecule has 10 nitrogen and oxygen atoms in total. The molecule has 1 unspecified atom stereocenters. The lowest BCUT2D eigenvalue weighted by atomic mass is 9.93. The molecule has 0 radical (unpaired) electrons. The maximum atomic E-state index is 14.4. The van der Waals surface area contributed by atoms with Gasteiger partial charge in [-0.1, -0.05) is 51.0 Å². The summed E-state index contributed by atoms with van der Waals surface area (Å²) in [6.07, 6.45) is 3.64. The summed E-state index contributed by atoms with van der Waals surface area (Å²) in [4.78, 5) is 68.2. The Morgan fingerprint density at radius 3 is 2.17 bits per heavy atom. The molecule has 3 fully saturated rings. The smallest absolute Gasteiger partial charge is 0.315 e. The largest absolute Gasteiger partial charge is 0.353 e. The van der Waals surface area contributed by atoms with Crippen molar-refractivity contribution in [2.45, 2.75) is 90.4 Å². The van der Waals surface area contributed by atoms with Crippen molar-refractivity contribution in [3.05, 3.63) is 35.4 Å². The molecule has 5 atom stereocenters. The minimum atomic E-state index is -0.932. The Balaban J connectivity index is 1.39. The number of carbonyl (C=O) groups excluding carboxylic acids is 5. The van der Waals surface area contributed by atoms with E-state index in [9.17, 15) is 24.0 Å². The van der Waals surface area contributed by atoms with Crippen LogP contribution in [-0.4, -0.2) is 71.7 Å². The van der Waals surface area contributed by atoms with E-state index in [-0.39, 0.29) is 29.1 Å². The van der Waals surface area contributed by atoms with E-state index < -0.39 is 47.3 Å². The third-order valence-electron chi connectivity index (χ3n) is 9.71. The van der Waals surface area contributed by atoms with Crippen LogP contribution in [0.4, 0.5) is 4.79 Å². The number of hydrogen-bond acceptors (Lipinski definition) is 5. The van der Waals surface area contributed by atoms with E-state index in [1.54, 1.807) is 4.90 Å². The van der Waals surface area contributed by atoms with E-state index in [1.807, 2.05) is 32.9 Å². The van der Waals surface area contributed by atoms with Gasteiger partial charge in [-0.2, -0.15) is 0 Å². The van der Waals surface area contributed by atoms with Crippen molar-refractivity contribution in [3.8, 4) is 0 Å². The molecule has 42 heavy (non-hydrogen) atoms. The van der Waals surface area contributed by atoms with Gasteiger partial charge in [0.15, 0.2) is 0 Å². The fourth-order valence-electron chi connectivity index (χ4n) is 7.18. The van der Waals surface area contributed by atoms with Crippen LogP contribution >= 0.6 is 0 Å². The normalized spacial score (nSPS) is 25.5. The molecule has 1 aromatic rings. The van der Waals surface area contributed by atoms with Gasteiger partial charge < -0.3 is 26.2 Å². The number of nitrogens with zero attached hydrogens (tertiary/aromatic N) is 1. The number of hydrogen-bond donors (Lipinski definition) is 4. The maximum absolute atomic E-state index is 14.4. The quantitative estimate of drug-likeness (QED) is 0.332. The van der Waals surface area contributed by atoms with Crippen LogP contribution in [0.25, 0.3) is 0 Å². The van der Waals surface area contributed by atoms with Crippen LogP contribution in [0.1, 0.15) is 65.0 Å². The zero-order valence-electron chi connectivity index (χ0n) is 25.6. The molecule has 0 bridgehead atoms. The summed E-state index contributed by atoms with van der Waals surface area (Å²) in [5.41, 5.74) is 1.69. The van der Waals surface area contributed by atoms with Gasteiger partial charge >= 0.3 is 6.03 Å². The van der Waals surface area contributed by atoms with E-state index in [2.05, 4.69) is 47.2 Å². The van der Waals surface area contributed by atoms with Crippen LogP contribution in [-0.2, 0) is 32.0 Å². The summed E-state index contributed by atoms with van der Waals surface area (Å²) in [7, 11) is 1.40. The highest BCUT2D eigenvalue weighted by Gasteiger charge is 2.69. The van der Waals surface area contributed by atoms with E-state index in [0.717, 1.165) is 24.0 Å². The molecular formula is C32H45N5O5. The zero-order chi connectivity index (χ0) is 30.6. The van der Waals surface area contributed by atoms with Gasteiger partial charge in [0.05, 0.1) is 6.04 Å². The number of fused-ring (bicyclic) bond motifs is 2. The molecule has 4 aliphatic rings. The molecule has 5 amide bonds. The van der Waals surface area contributed by atoms with Crippen molar-refractivity contribution in [2.24, 2.45) is 29.1 Å². The summed E-state index contributed by atoms with van der Waals surface area (Å²) in [6.45, 7) is 10.2. The number of amides is 5. The second-order valence-electron chi connectivity index (χ2n) is 14.3. The average molecular weight is 580 g/mol. The molecule has 5 rings (SSSR count). The van der Waals surface area contributed by atoms with Crippen molar-refractivity contribution >= 4 is 29.5 Å². The van der Waals surface area contributed by atoms with Gasteiger partial charge in [0.25, 0.3) is 5.91 Å². The fraction of sp³-hybridized carbons (Fsp3) is 0.656. The second-order valence-corrected chi connectivity index (χ2v) is 14.3. The van der Waals surface area contributed by atoms with Crippen molar-refractivity contribution in [2.75, 3.05) is 13.6 Å².